The predicted octanol–water partition coefficient (Wildman–Crippen LogP) is 2.47. The van der Waals surface area contributed by atoms with Crippen molar-refractivity contribution in [1.82, 2.24) is 4.98 Å². The van der Waals surface area contributed by atoms with Crippen molar-refractivity contribution in [2.75, 3.05) is 11.9 Å². The Bertz CT molecular complexity index is 462. The molecule has 1 unspecified atom stereocenters. The van der Waals surface area contributed by atoms with Crippen LogP contribution in [-0.4, -0.2) is 22.0 Å². The number of anilines is 1. The summed E-state index contributed by atoms with van der Waals surface area (Å²) in [5, 5.41) is 14.1. The van der Waals surface area contributed by atoms with E-state index in [1.807, 2.05) is 6.92 Å². The highest BCUT2D eigenvalue weighted by Gasteiger charge is 2.25. The van der Waals surface area contributed by atoms with Gasteiger partial charge in [0.05, 0.1) is 11.0 Å². The lowest BCUT2D eigenvalue weighted by atomic mass is 9.91. The molecule has 1 aromatic rings. The highest BCUT2D eigenvalue weighted by Crippen LogP contribution is 2.24. The van der Waals surface area contributed by atoms with Crippen molar-refractivity contribution >= 4 is 11.5 Å². The van der Waals surface area contributed by atoms with Crippen LogP contribution >= 0.6 is 0 Å². The topological polar surface area (TPSA) is 94.1 Å². The van der Waals surface area contributed by atoms with Crippen molar-refractivity contribution in [2.45, 2.75) is 39.7 Å². The molecule has 0 amide bonds. The second-order valence-corrected chi connectivity index (χ2v) is 5.60. The average molecular weight is 266 g/mol. The fraction of sp³-hybridized carbons (Fsp3) is 0.615. The molecule has 0 saturated heterocycles. The summed E-state index contributed by atoms with van der Waals surface area (Å²) in [6, 6.07) is 1.46. The molecule has 1 rings (SSSR count). The fourth-order valence-electron chi connectivity index (χ4n) is 2.17. The largest absolute Gasteiger partial charge is 0.363 e. The van der Waals surface area contributed by atoms with E-state index in [2.05, 4.69) is 24.1 Å². The molecule has 6 nitrogen and oxygen atoms in total. The maximum Gasteiger partial charge on any atom is 0.277 e. The number of hydrogen-bond acceptors (Lipinski definition) is 5. The minimum atomic E-state index is -0.398. The number of nitrogens with zero attached hydrogens (tertiary/aromatic N) is 2. The van der Waals surface area contributed by atoms with Crippen molar-refractivity contribution in [3.63, 3.8) is 0 Å². The van der Waals surface area contributed by atoms with Crippen LogP contribution in [0.15, 0.2) is 12.3 Å². The smallest absolute Gasteiger partial charge is 0.277 e. The van der Waals surface area contributed by atoms with Gasteiger partial charge in [-0.15, -0.1) is 0 Å². The maximum atomic E-state index is 10.9. The average Bonchev–Trinajstić information content (AvgIpc) is 2.30. The molecule has 0 fully saturated rings. The third-order valence-electron chi connectivity index (χ3n) is 3.01. The molecule has 1 aromatic heterocycles. The number of nitro groups is 1. The highest BCUT2D eigenvalue weighted by atomic mass is 16.6. The van der Waals surface area contributed by atoms with Crippen molar-refractivity contribution in [3.8, 4) is 0 Å². The summed E-state index contributed by atoms with van der Waals surface area (Å²) < 4.78 is 0. The van der Waals surface area contributed by atoms with E-state index in [1.165, 1.54) is 12.3 Å². The molecule has 0 aromatic carbocycles. The summed E-state index contributed by atoms with van der Waals surface area (Å²) in [5.74, 6) is 0.965. The number of hydrogen-bond donors (Lipinski definition) is 2. The molecule has 0 radical (unpaired) electrons. The fourth-order valence-corrected chi connectivity index (χ4v) is 2.17. The van der Waals surface area contributed by atoms with E-state index in [4.69, 9.17) is 5.73 Å². The Labute approximate surface area is 113 Å². The van der Waals surface area contributed by atoms with E-state index in [1.54, 1.807) is 6.92 Å². The van der Waals surface area contributed by atoms with Crippen LogP contribution in [0, 0.1) is 23.0 Å². The molecule has 0 aliphatic heterocycles. The zero-order chi connectivity index (χ0) is 14.6. The first kappa shape index (κ1) is 15.4. The predicted molar refractivity (Wildman–Crippen MR) is 76.2 cm³/mol. The van der Waals surface area contributed by atoms with Gasteiger partial charge >= 0.3 is 0 Å². The van der Waals surface area contributed by atoms with Crippen LogP contribution in [0.3, 0.4) is 0 Å². The molecule has 3 N–H and O–H groups in total. The zero-order valence-electron chi connectivity index (χ0n) is 11.9. The molecule has 1 atom stereocenters. The number of nitrogens with two attached hydrogens (primary N) is 1. The van der Waals surface area contributed by atoms with Crippen molar-refractivity contribution < 1.29 is 4.92 Å². The van der Waals surface area contributed by atoms with E-state index >= 15 is 0 Å². The Balaban J connectivity index is 2.98. The van der Waals surface area contributed by atoms with Crippen LogP contribution in [0.2, 0.25) is 0 Å². The summed E-state index contributed by atoms with van der Waals surface area (Å²) in [4.78, 5) is 14.7. The molecule has 6 heteroatoms. The van der Waals surface area contributed by atoms with Gasteiger partial charge in [0.1, 0.15) is 5.82 Å². The highest BCUT2D eigenvalue weighted by molar-refractivity contribution is 5.50. The molecular formula is C13H22N4O2. The summed E-state index contributed by atoms with van der Waals surface area (Å²) in [6.07, 6.45) is 2.37. The quantitative estimate of drug-likeness (QED) is 0.609. The monoisotopic (exact) mass is 266 g/mol. The van der Waals surface area contributed by atoms with Crippen LogP contribution in [0.1, 0.15) is 32.8 Å². The Morgan fingerprint density at radius 2 is 2.21 bits per heavy atom. The minimum absolute atomic E-state index is 0.0708. The van der Waals surface area contributed by atoms with E-state index in [0.29, 0.717) is 23.8 Å². The number of pyridine rings is 1. The first-order valence-corrected chi connectivity index (χ1v) is 6.36. The van der Waals surface area contributed by atoms with Crippen molar-refractivity contribution in [1.29, 1.82) is 0 Å². The second kappa shape index (κ2) is 5.97. The molecule has 0 aliphatic carbocycles. The van der Waals surface area contributed by atoms with Gasteiger partial charge in [0.2, 0.25) is 0 Å². The maximum absolute atomic E-state index is 10.9. The van der Waals surface area contributed by atoms with Gasteiger partial charge in [-0.25, -0.2) is 4.98 Å². The van der Waals surface area contributed by atoms with Crippen LogP contribution in [0.5, 0.6) is 0 Å². The Morgan fingerprint density at radius 3 is 2.68 bits per heavy atom. The zero-order valence-corrected chi connectivity index (χ0v) is 11.9. The third kappa shape index (κ3) is 4.17. The second-order valence-electron chi connectivity index (χ2n) is 5.60. The molecule has 19 heavy (non-hydrogen) atoms. The Kier molecular flexibility index (Phi) is 4.83. The van der Waals surface area contributed by atoms with Gasteiger partial charge in [-0.1, -0.05) is 13.8 Å². The lowest BCUT2D eigenvalue weighted by Crippen LogP contribution is -2.43. The Hall–Kier alpha value is -1.69. The summed E-state index contributed by atoms with van der Waals surface area (Å²) in [6.45, 7) is 8.33. The molecule has 0 aliphatic rings. The van der Waals surface area contributed by atoms with E-state index < -0.39 is 4.92 Å². The van der Waals surface area contributed by atoms with Gasteiger partial charge in [-0.2, -0.15) is 0 Å². The van der Waals surface area contributed by atoms with Crippen molar-refractivity contribution in [3.05, 3.63) is 27.9 Å². The number of rotatable bonds is 6. The van der Waals surface area contributed by atoms with Crippen LogP contribution < -0.4 is 11.1 Å². The summed E-state index contributed by atoms with van der Waals surface area (Å²) in [7, 11) is 0. The number of aromatic nitrogens is 1. The van der Waals surface area contributed by atoms with Gasteiger partial charge in [0.15, 0.2) is 0 Å². The SMILES string of the molecule is Cc1cnc(NC(C)(CN)CC(C)C)cc1[N+](=O)[O-]. The van der Waals surface area contributed by atoms with Crippen LogP contribution in [-0.2, 0) is 0 Å². The van der Waals surface area contributed by atoms with E-state index in [0.717, 1.165) is 6.42 Å². The van der Waals surface area contributed by atoms with Gasteiger partial charge in [-0.05, 0) is 26.2 Å². The first-order valence-electron chi connectivity index (χ1n) is 6.36. The molecule has 0 saturated carbocycles. The van der Waals surface area contributed by atoms with Gasteiger partial charge < -0.3 is 11.1 Å². The summed E-state index contributed by atoms with van der Waals surface area (Å²) >= 11 is 0. The first-order chi connectivity index (χ1) is 8.77. The number of nitrogens with one attached hydrogen (secondary N) is 1. The molecule has 106 valence electrons. The van der Waals surface area contributed by atoms with Gasteiger partial charge in [0.25, 0.3) is 5.69 Å². The normalized spacial score (nSPS) is 14.2. The molecule has 0 bridgehead atoms. The summed E-state index contributed by atoms with van der Waals surface area (Å²) in [5.41, 5.74) is 6.11. The van der Waals surface area contributed by atoms with Gasteiger partial charge in [0, 0.05) is 23.8 Å². The van der Waals surface area contributed by atoms with Crippen LogP contribution in [0.4, 0.5) is 11.5 Å². The molecular weight excluding hydrogens is 244 g/mol. The molecule has 0 spiro atoms. The van der Waals surface area contributed by atoms with E-state index in [-0.39, 0.29) is 11.2 Å². The lowest BCUT2D eigenvalue weighted by molar-refractivity contribution is -0.385. The van der Waals surface area contributed by atoms with Crippen LogP contribution in [0.25, 0.3) is 0 Å². The lowest BCUT2D eigenvalue weighted by Gasteiger charge is -2.31. The Morgan fingerprint density at radius 1 is 1.58 bits per heavy atom. The standard InChI is InChI=1S/C13H22N4O2/c1-9(2)6-13(4,8-14)16-12-5-11(17(18)19)10(3)7-15-12/h5,7,9H,6,8,14H2,1-4H3,(H,15,16). The van der Waals surface area contributed by atoms with Gasteiger partial charge in [-0.3, -0.25) is 10.1 Å². The van der Waals surface area contributed by atoms with Crippen molar-refractivity contribution in [2.24, 2.45) is 11.7 Å². The van der Waals surface area contributed by atoms with E-state index in [9.17, 15) is 10.1 Å². The molecule has 1 heterocycles. The number of aryl methyl sites for hydroxylation is 1. The minimum Gasteiger partial charge on any atom is -0.363 e. The third-order valence-corrected chi connectivity index (χ3v) is 3.01.